The maximum absolute atomic E-state index is 11.0. The summed E-state index contributed by atoms with van der Waals surface area (Å²) in [6.45, 7) is 4.76. The number of carbonyl (C=O) groups is 1. The molecule has 0 spiro atoms. The summed E-state index contributed by atoms with van der Waals surface area (Å²) in [5, 5.41) is 16.5. The Hall–Kier alpha value is -2.37. The molecular formula is C14H17N3O3. The van der Waals surface area contributed by atoms with Crippen LogP contribution in [0.3, 0.4) is 0 Å². The summed E-state index contributed by atoms with van der Waals surface area (Å²) in [7, 11) is 0. The van der Waals surface area contributed by atoms with Crippen LogP contribution in [0.25, 0.3) is 0 Å². The molecule has 0 fully saturated rings. The summed E-state index contributed by atoms with van der Waals surface area (Å²) in [5.74, 6) is -0.255. The summed E-state index contributed by atoms with van der Waals surface area (Å²) < 4.78 is 7.21. The molecular weight excluding hydrogens is 258 g/mol. The van der Waals surface area contributed by atoms with Crippen molar-refractivity contribution in [2.45, 2.75) is 26.8 Å². The van der Waals surface area contributed by atoms with Crippen LogP contribution in [0.5, 0.6) is 5.75 Å². The molecule has 0 saturated heterocycles. The molecule has 2 aromatic rings. The number of nitrogens with zero attached hydrogens (tertiary/aromatic N) is 3. The molecule has 0 aliphatic heterocycles. The van der Waals surface area contributed by atoms with Gasteiger partial charge in [-0.3, -0.25) is 0 Å². The van der Waals surface area contributed by atoms with E-state index in [1.165, 1.54) is 0 Å². The van der Waals surface area contributed by atoms with Crippen molar-refractivity contribution in [1.82, 2.24) is 15.0 Å². The van der Waals surface area contributed by atoms with Crippen molar-refractivity contribution in [3.8, 4) is 5.75 Å². The zero-order chi connectivity index (χ0) is 14.5. The molecule has 2 rings (SSSR count). The van der Waals surface area contributed by atoms with Gasteiger partial charge >= 0.3 is 5.97 Å². The number of carboxylic acid groups (broad SMARTS) is 1. The summed E-state index contributed by atoms with van der Waals surface area (Å²) in [5.41, 5.74) is 1.76. The van der Waals surface area contributed by atoms with Crippen LogP contribution in [0.1, 0.15) is 28.7 Å². The minimum atomic E-state index is -1.05. The standard InChI is InChI=1S/C14H17N3O3/c1-3-12-13(14(18)19)15-16-17(12)7-8-20-11-6-4-5-10(2)9-11/h4-6,9H,3,7-8H2,1-2H3,(H,18,19). The molecule has 0 bridgehead atoms. The van der Waals surface area contributed by atoms with E-state index in [1.807, 2.05) is 38.1 Å². The summed E-state index contributed by atoms with van der Waals surface area (Å²) in [6.07, 6.45) is 0.569. The number of aromatic nitrogens is 3. The van der Waals surface area contributed by atoms with Gasteiger partial charge in [0.2, 0.25) is 0 Å². The quantitative estimate of drug-likeness (QED) is 0.871. The maximum Gasteiger partial charge on any atom is 0.358 e. The molecule has 0 radical (unpaired) electrons. The summed E-state index contributed by atoms with van der Waals surface area (Å²) >= 11 is 0. The van der Waals surface area contributed by atoms with E-state index in [4.69, 9.17) is 9.84 Å². The Bertz CT molecular complexity index is 607. The van der Waals surface area contributed by atoms with Gasteiger partial charge in [-0.15, -0.1) is 5.10 Å². The van der Waals surface area contributed by atoms with Gasteiger partial charge in [-0.05, 0) is 31.0 Å². The number of aromatic carboxylic acids is 1. The first-order valence-electron chi connectivity index (χ1n) is 6.47. The van der Waals surface area contributed by atoms with Crippen LogP contribution in [-0.2, 0) is 13.0 Å². The van der Waals surface area contributed by atoms with Crippen molar-refractivity contribution in [2.75, 3.05) is 6.61 Å². The molecule has 20 heavy (non-hydrogen) atoms. The van der Waals surface area contributed by atoms with Crippen LogP contribution in [0.2, 0.25) is 0 Å². The van der Waals surface area contributed by atoms with Gasteiger partial charge in [-0.25, -0.2) is 9.48 Å². The molecule has 106 valence electrons. The first-order valence-corrected chi connectivity index (χ1v) is 6.47. The van der Waals surface area contributed by atoms with Crippen LogP contribution in [0.4, 0.5) is 0 Å². The number of rotatable bonds is 6. The minimum Gasteiger partial charge on any atom is -0.492 e. The van der Waals surface area contributed by atoms with Crippen LogP contribution < -0.4 is 4.74 Å². The highest BCUT2D eigenvalue weighted by Crippen LogP contribution is 2.12. The van der Waals surface area contributed by atoms with Gasteiger partial charge in [-0.1, -0.05) is 24.3 Å². The first kappa shape index (κ1) is 14.0. The normalized spacial score (nSPS) is 10.5. The van der Waals surface area contributed by atoms with Crippen molar-refractivity contribution in [3.63, 3.8) is 0 Å². The Morgan fingerprint density at radius 1 is 1.45 bits per heavy atom. The van der Waals surface area contributed by atoms with Crippen LogP contribution in [0.15, 0.2) is 24.3 Å². The third-order valence-electron chi connectivity index (χ3n) is 2.94. The smallest absolute Gasteiger partial charge is 0.358 e. The van der Waals surface area contributed by atoms with E-state index < -0.39 is 5.97 Å². The minimum absolute atomic E-state index is 0.0167. The Labute approximate surface area is 117 Å². The predicted octanol–water partition coefficient (Wildman–Crippen LogP) is 1.93. The average molecular weight is 275 g/mol. The lowest BCUT2D eigenvalue weighted by atomic mass is 10.2. The van der Waals surface area contributed by atoms with E-state index in [9.17, 15) is 4.79 Å². The molecule has 6 nitrogen and oxygen atoms in total. The number of hydrogen-bond donors (Lipinski definition) is 1. The van der Waals surface area contributed by atoms with Crippen molar-refractivity contribution in [2.24, 2.45) is 0 Å². The Morgan fingerprint density at radius 3 is 2.90 bits per heavy atom. The highest BCUT2D eigenvalue weighted by Gasteiger charge is 2.16. The van der Waals surface area contributed by atoms with Crippen molar-refractivity contribution < 1.29 is 14.6 Å². The van der Waals surface area contributed by atoms with Crippen molar-refractivity contribution in [1.29, 1.82) is 0 Å². The molecule has 0 atom stereocenters. The van der Waals surface area contributed by atoms with Gasteiger partial charge in [0.05, 0.1) is 12.2 Å². The first-order chi connectivity index (χ1) is 9.61. The molecule has 0 aliphatic carbocycles. The second-order valence-corrected chi connectivity index (χ2v) is 4.43. The second kappa shape index (κ2) is 6.18. The van der Waals surface area contributed by atoms with Crippen molar-refractivity contribution >= 4 is 5.97 Å². The van der Waals surface area contributed by atoms with E-state index in [2.05, 4.69) is 10.3 Å². The third kappa shape index (κ3) is 3.14. The molecule has 0 saturated carbocycles. The Morgan fingerprint density at radius 2 is 2.25 bits per heavy atom. The van der Waals surface area contributed by atoms with Crippen LogP contribution in [-0.4, -0.2) is 32.7 Å². The molecule has 1 N–H and O–H groups in total. The van der Waals surface area contributed by atoms with Crippen molar-refractivity contribution in [3.05, 3.63) is 41.2 Å². The van der Waals surface area contributed by atoms with E-state index in [-0.39, 0.29) is 5.69 Å². The van der Waals surface area contributed by atoms with Crippen LogP contribution >= 0.6 is 0 Å². The monoisotopic (exact) mass is 275 g/mol. The average Bonchev–Trinajstić information content (AvgIpc) is 2.82. The lowest BCUT2D eigenvalue weighted by molar-refractivity contribution is 0.0689. The largest absolute Gasteiger partial charge is 0.492 e. The lowest BCUT2D eigenvalue weighted by Crippen LogP contribution is -2.13. The van der Waals surface area contributed by atoms with Gasteiger partial charge < -0.3 is 9.84 Å². The SMILES string of the molecule is CCc1c(C(=O)O)nnn1CCOc1cccc(C)c1. The molecule has 6 heteroatoms. The van der Waals surface area contributed by atoms with E-state index in [1.54, 1.807) is 4.68 Å². The fourth-order valence-corrected chi connectivity index (χ4v) is 1.98. The topological polar surface area (TPSA) is 77.2 Å². The maximum atomic E-state index is 11.0. The Balaban J connectivity index is 1.99. The second-order valence-electron chi connectivity index (χ2n) is 4.43. The fourth-order valence-electron chi connectivity index (χ4n) is 1.98. The van der Waals surface area contributed by atoms with Gasteiger partial charge in [-0.2, -0.15) is 0 Å². The molecule has 0 unspecified atom stereocenters. The number of benzene rings is 1. The predicted molar refractivity (Wildman–Crippen MR) is 73.0 cm³/mol. The number of ether oxygens (including phenoxy) is 1. The van der Waals surface area contributed by atoms with Gasteiger partial charge in [0.15, 0.2) is 5.69 Å². The third-order valence-corrected chi connectivity index (χ3v) is 2.94. The van der Waals surface area contributed by atoms with Gasteiger partial charge in [0, 0.05) is 0 Å². The Kier molecular flexibility index (Phi) is 4.34. The van der Waals surface area contributed by atoms with E-state index in [0.717, 1.165) is 11.3 Å². The van der Waals surface area contributed by atoms with Crippen LogP contribution in [0, 0.1) is 6.92 Å². The van der Waals surface area contributed by atoms with E-state index >= 15 is 0 Å². The molecule has 0 amide bonds. The highest BCUT2D eigenvalue weighted by molar-refractivity contribution is 5.86. The number of aryl methyl sites for hydroxylation is 1. The molecule has 1 aromatic carbocycles. The zero-order valence-electron chi connectivity index (χ0n) is 11.5. The summed E-state index contributed by atoms with van der Waals surface area (Å²) in [4.78, 5) is 11.0. The van der Waals surface area contributed by atoms with Gasteiger partial charge in [0.1, 0.15) is 12.4 Å². The number of carboxylic acids is 1. The molecule has 1 aromatic heterocycles. The van der Waals surface area contributed by atoms with Gasteiger partial charge in [0.25, 0.3) is 0 Å². The molecule has 0 aliphatic rings. The zero-order valence-corrected chi connectivity index (χ0v) is 11.5. The lowest BCUT2D eigenvalue weighted by Gasteiger charge is -2.08. The number of hydrogen-bond acceptors (Lipinski definition) is 4. The van der Waals surface area contributed by atoms with E-state index in [0.29, 0.717) is 25.3 Å². The highest BCUT2D eigenvalue weighted by atomic mass is 16.5. The molecule has 1 heterocycles. The fraction of sp³-hybridized carbons (Fsp3) is 0.357. The summed E-state index contributed by atoms with van der Waals surface area (Å²) in [6, 6.07) is 7.77.